The number of nitrogens with two attached hydrogens (primary N) is 1. The van der Waals surface area contributed by atoms with Crippen LogP contribution in [-0.4, -0.2) is 11.9 Å². The third-order valence-electron chi connectivity index (χ3n) is 2.49. The Morgan fingerprint density at radius 1 is 1.30 bits per heavy atom. The van der Waals surface area contributed by atoms with Crippen molar-refractivity contribution in [2.45, 2.75) is 6.54 Å². The Kier molecular flexibility index (Phi) is 4.31. The van der Waals surface area contributed by atoms with E-state index in [1.807, 2.05) is 17.5 Å². The summed E-state index contributed by atoms with van der Waals surface area (Å²) in [6, 6.07) is 6.97. The molecule has 1 aromatic heterocycles. The first-order valence-corrected chi connectivity index (χ1v) is 6.61. The second kappa shape index (κ2) is 6.16. The zero-order chi connectivity index (χ0) is 14.5. The van der Waals surface area contributed by atoms with Crippen LogP contribution in [0.5, 0.6) is 0 Å². The van der Waals surface area contributed by atoms with E-state index in [1.165, 1.54) is 23.5 Å². The quantitative estimate of drug-likeness (QED) is 0.808. The van der Waals surface area contributed by atoms with Crippen LogP contribution in [0.15, 0.2) is 35.7 Å². The number of urea groups is 1. The van der Waals surface area contributed by atoms with Gasteiger partial charge in [0.1, 0.15) is 5.82 Å². The minimum absolute atomic E-state index is 0.263. The molecule has 5 nitrogen and oxygen atoms in total. The van der Waals surface area contributed by atoms with Crippen LogP contribution in [0, 0.1) is 5.82 Å². The number of carbonyl (C=O) groups excluding carboxylic acids is 2. The van der Waals surface area contributed by atoms with Gasteiger partial charge in [0.2, 0.25) is 0 Å². The van der Waals surface area contributed by atoms with E-state index >= 15 is 0 Å². The lowest BCUT2D eigenvalue weighted by molar-refractivity contribution is 0.0996. The molecule has 0 spiro atoms. The number of primary amides is 1. The van der Waals surface area contributed by atoms with Gasteiger partial charge in [0.15, 0.2) is 0 Å². The highest BCUT2D eigenvalue weighted by Crippen LogP contribution is 2.14. The molecule has 0 saturated carbocycles. The number of hydrogen-bond donors (Lipinski definition) is 3. The van der Waals surface area contributed by atoms with Crippen LogP contribution in [0.1, 0.15) is 15.2 Å². The summed E-state index contributed by atoms with van der Waals surface area (Å²) in [5.41, 5.74) is 5.06. The molecule has 4 N–H and O–H groups in total. The number of hydrogen-bond acceptors (Lipinski definition) is 3. The molecule has 0 aliphatic carbocycles. The van der Waals surface area contributed by atoms with Crippen molar-refractivity contribution in [3.05, 3.63) is 52.0 Å². The highest BCUT2D eigenvalue weighted by atomic mass is 32.1. The first-order valence-electron chi connectivity index (χ1n) is 5.73. The van der Waals surface area contributed by atoms with Gasteiger partial charge in [-0.15, -0.1) is 11.3 Å². The number of thiophene rings is 1. The van der Waals surface area contributed by atoms with E-state index < -0.39 is 17.8 Å². The molecule has 0 radical (unpaired) electrons. The van der Waals surface area contributed by atoms with Crippen molar-refractivity contribution in [3.63, 3.8) is 0 Å². The molecule has 1 heterocycles. The zero-order valence-corrected chi connectivity index (χ0v) is 11.2. The monoisotopic (exact) mass is 293 g/mol. The molecule has 2 rings (SSSR count). The molecule has 104 valence electrons. The van der Waals surface area contributed by atoms with Crippen LogP contribution in [0.25, 0.3) is 0 Å². The molecule has 7 heteroatoms. The number of amides is 3. The fourth-order valence-electron chi connectivity index (χ4n) is 1.55. The first-order chi connectivity index (χ1) is 9.56. The standard InChI is InChI=1S/C13H12FN3O2S/c14-11-4-3-8(6-10(11)12(15)18)17-13(19)16-7-9-2-1-5-20-9/h1-6H,7H2,(H2,15,18)(H2,16,17,19). The van der Waals surface area contributed by atoms with Crippen LogP contribution >= 0.6 is 11.3 Å². The number of carbonyl (C=O) groups is 2. The summed E-state index contributed by atoms with van der Waals surface area (Å²) in [4.78, 5) is 23.7. The Bertz CT molecular complexity index is 629. The molecular formula is C13H12FN3O2S. The molecule has 0 aliphatic heterocycles. The van der Waals surface area contributed by atoms with E-state index in [2.05, 4.69) is 10.6 Å². The Balaban J connectivity index is 1.97. The lowest BCUT2D eigenvalue weighted by Gasteiger charge is -2.08. The van der Waals surface area contributed by atoms with Crippen molar-refractivity contribution in [1.82, 2.24) is 5.32 Å². The Labute approximate surface area is 118 Å². The largest absolute Gasteiger partial charge is 0.366 e. The molecule has 0 atom stereocenters. The molecule has 0 bridgehead atoms. The predicted octanol–water partition coefficient (Wildman–Crippen LogP) is 2.31. The van der Waals surface area contributed by atoms with Crippen LogP contribution in [-0.2, 0) is 6.54 Å². The number of anilines is 1. The van der Waals surface area contributed by atoms with Gasteiger partial charge in [0, 0.05) is 10.6 Å². The fraction of sp³-hybridized carbons (Fsp3) is 0.0769. The first kappa shape index (κ1) is 14.0. The number of rotatable bonds is 4. The van der Waals surface area contributed by atoms with Gasteiger partial charge in [-0.1, -0.05) is 6.07 Å². The van der Waals surface area contributed by atoms with Crippen molar-refractivity contribution >= 4 is 29.0 Å². The maximum atomic E-state index is 13.3. The van der Waals surface area contributed by atoms with Gasteiger partial charge < -0.3 is 16.4 Å². The maximum absolute atomic E-state index is 13.3. The van der Waals surface area contributed by atoms with Crippen molar-refractivity contribution in [2.24, 2.45) is 5.73 Å². The summed E-state index contributed by atoms with van der Waals surface area (Å²) < 4.78 is 13.3. The number of nitrogens with one attached hydrogen (secondary N) is 2. The summed E-state index contributed by atoms with van der Waals surface area (Å²) in [6.07, 6.45) is 0. The molecule has 20 heavy (non-hydrogen) atoms. The van der Waals surface area contributed by atoms with Gasteiger partial charge >= 0.3 is 6.03 Å². The summed E-state index contributed by atoms with van der Waals surface area (Å²) in [5, 5.41) is 7.07. The van der Waals surface area contributed by atoms with E-state index in [0.29, 0.717) is 12.2 Å². The summed E-state index contributed by atoms with van der Waals surface area (Å²) in [7, 11) is 0. The third kappa shape index (κ3) is 3.55. The van der Waals surface area contributed by atoms with Gasteiger partial charge in [-0.05, 0) is 29.6 Å². The van der Waals surface area contributed by atoms with E-state index in [-0.39, 0.29) is 5.56 Å². The lowest BCUT2D eigenvalue weighted by Crippen LogP contribution is -2.28. The number of halogens is 1. The molecule has 0 aliphatic rings. The van der Waals surface area contributed by atoms with Crippen molar-refractivity contribution < 1.29 is 14.0 Å². The summed E-state index contributed by atoms with van der Waals surface area (Å²) in [6.45, 7) is 0.396. The Morgan fingerprint density at radius 2 is 2.10 bits per heavy atom. The topological polar surface area (TPSA) is 84.2 Å². The van der Waals surface area contributed by atoms with Gasteiger partial charge in [0.05, 0.1) is 12.1 Å². The highest BCUT2D eigenvalue weighted by Gasteiger charge is 2.10. The van der Waals surface area contributed by atoms with Crippen molar-refractivity contribution in [3.8, 4) is 0 Å². The number of benzene rings is 1. The molecule has 0 unspecified atom stereocenters. The van der Waals surface area contributed by atoms with Crippen molar-refractivity contribution in [1.29, 1.82) is 0 Å². The minimum atomic E-state index is -0.884. The predicted molar refractivity (Wildman–Crippen MR) is 75.1 cm³/mol. The summed E-state index contributed by atoms with van der Waals surface area (Å²) in [5.74, 6) is -1.60. The maximum Gasteiger partial charge on any atom is 0.319 e. The average Bonchev–Trinajstić information content (AvgIpc) is 2.91. The molecule has 1 aromatic carbocycles. The molecule has 0 fully saturated rings. The van der Waals surface area contributed by atoms with Gasteiger partial charge in [-0.3, -0.25) is 4.79 Å². The van der Waals surface area contributed by atoms with Crippen LogP contribution in [0.3, 0.4) is 0 Å². The molecular weight excluding hydrogens is 281 g/mol. The fourth-order valence-corrected chi connectivity index (χ4v) is 2.19. The van der Waals surface area contributed by atoms with E-state index in [4.69, 9.17) is 5.73 Å². The molecule has 0 saturated heterocycles. The normalized spacial score (nSPS) is 10.1. The van der Waals surface area contributed by atoms with Crippen LogP contribution in [0.2, 0.25) is 0 Å². The van der Waals surface area contributed by atoms with E-state index in [9.17, 15) is 14.0 Å². The van der Waals surface area contributed by atoms with Crippen molar-refractivity contribution in [2.75, 3.05) is 5.32 Å². The second-order valence-electron chi connectivity index (χ2n) is 3.95. The highest BCUT2D eigenvalue weighted by molar-refractivity contribution is 7.09. The lowest BCUT2D eigenvalue weighted by atomic mass is 10.2. The molecule has 3 amide bonds. The zero-order valence-electron chi connectivity index (χ0n) is 10.4. The van der Waals surface area contributed by atoms with Crippen LogP contribution < -0.4 is 16.4 Å². The summed E-state index contributed by atoms with van der Waals surface area (Å²) >= 11 is 1.53. The average molecular weight is 293 g/mol. The minimum Gasteiger partial charge on any atom is -0.366 e. The van der Waals surface area contributed by atoms with Gasteiger partial charge in [-0.25, -0.2) is 9.18 Å². The molecule has 2 aromatic rings. The SMILES string of the molecule is NC(=O)c1cc(NC(=O)NCc2cccs2)ccc1F. The van der Waals surface area contributed by atoms with Crippen LogP contribution in [0.4, 0.5) is 14.9 Å². The van der Waals surface area contributed by atoms with Gasteiger partial charge in [-0.2, -0.15) is 0 Å². The smallest absolute Gasteiger partial charge is 0.319 e. The van der Waals surface area contributed by atoms with E-state index in [0.717, 1.165) is 10.9 Å². The second-order valence-corrected chi connectivity index (χ2v) is 4.98. The third-order valence-corrected chi connectivity index (χ3v) is 3.37. The Hall–Kier alpha value is -2.41. The Morgan fingerprint density at radius 3 is 2.75 bits per heavy atom. The van der Waals surface area contributed by atoms with Gasteiger partial charge in [0.25, 0.3) is 5.91 Å². The van der Waals surface area contributed by atoms with E-state index in [1.54, 1.807) is 0 Å².